The second-order valence-corrected chi connectivity index (χ2v) is 3.81. The highest BCUT2D eigenvalue weighted by molar-refractivity contribution is 5.85. The number of rotatable bonds is 2. The molecule has 1 fully saturated rings. The van der Waals surface area contributed by atoms with E-state index >= 15 is 0 Å². The number of ether oxygens (including phenoxy) is 1. The summed E-state index contributed by atoms with van der Waals surface area (Å²) >= 11 is 0. The quantitative estimate of drug-likeness (QED) is 0.838. The Morgan fingerprint density at radius 3 is 2.27 bits per heavy atom. The number of piperidine rings is 1. The van der Waals surface area contributed by atoms with Crippen LogP contribution in [-0.4, -0.2) is 20.2 Å². The molecule has 1 aromatic rings. The lowest BCUT2D eigenvalue weighted by atomic mass is 9.85. The van der Waals surface area contributed by atoms with Crippen molar-refractivity contribution in [3.8, 4) is 0 Å². The largest absolute Gasteiger partial charge is 0.373 e. The van der Waals surface area contributed by atoms with Gasteiger partial charge in [0, 0.05) is 7.11 Å². The molecule has 0 atom stereocenters. The van der Waals surface area contributed by atoms with E-state index in [9.17, 15) is 0 Å². The molecule has 1 aromatic carbocycles. The maximum Gasteiger partial charge on any atom is 0.0951 e. The third kappa shape index (κ3) is 2.51. The van der Waals surface area contributed by atoms with Gasteiger partial charge in [-0.1, -0.05) is 30.3 Å². The summed E-state index contributed by atoms with van der Waals surface area (Å²) in [6.45, 7) is 2.09. The average Bonchev–Trinajstić information content (AvgIpc) is 2.31. The van der Waals surface area contributed by atoms with E-state index in [1.807, 2.05) is 13.2 Å². The molecule has 1 aliphatic heterocycles. The molecule has 0 aromatic heterocycles. The van der Waals surface area contributed by atoms with Crippen molar-refractivity contribution in [2.75, 3.05) is 20.2 Å². The molecule has 1 N–H and O–H groups in total. The lowest BCUT2D eigenvalue weighted by molar-refractivity contribution is -0.0391. The van der Waals surface area contributed by atoms with Crippen LogP contribution in [0.25, 0.3) is 0 Å². The van der Waals surface area contributed by atoms with Gasteiger partial charge in [-0.05, 0) is 31.5 Å². The molecule has 0 amide bonds. The lowest BCUT2D eigenvalue weighted by Gasteiger charge is -2.36. The van der Waals surface area contributed by atoms with Crippen LogP contribution < -0.4 is 5.32 Å². The zero-order chi connectivity index (χ0) is 9.86. The van der Waals surface area contributed by atoms with Crippen molar-refractivity contribution >= 4 is 12.4 Å². The average molecular weight is 228 g/mol. The van der Waals surface area contributed by atoms with Gasteiger partial charge in [0.05, 0.1) is 5.60 Å². The summed E-state index contributed by atoms with van der Waals surface area (Å²) < 4.78 is 5.72. The van der Waals surface area contributed by atoms with Gasteiger partial charge in [-0.2, -0.15) is 0 Å². The Morgan fingerprint density at radius 2 is 1.73 bits per heavy atom. The normalized spacial score (nSPS) is 19.3. The molecule has 0 saturated carbocycles. The van der Waals surface area contributed by atoms with E-state index in [1.54, 1.807) is 0 Å². The van der Waals surface area contributed by atoms with E-state index in [1.165, 1.54) is 5.56 Å². The molecule has 0 bridgehead atoms. The molecule has 2 rings (SSSR count). The number of nitrogens with one attached hydrogen (secondary N) is 1. The van der Waals surface area contributed by atoms with Crippen molar-refractivity contribution < 1.29 is 4.74 Å². The van der Waals surface area contributed by atoms with Crippen LogP contribution in [0, 0.1) is 0 Å². The lowest BCUT2D eigenvalue weighted by Crippen LogP contribution is -2.41. The summed E-state index contributed by atoms with van der Waals surface area (Å²) in [5.74, 6) is 0. The Balaban J connectivity index is 0.00000112. The predicted molar refractivity (Wildman–Crippen MR) is 64.5 cm³/mol. The van der Waals surface area contributed by atoms with Crippen LogP contribution >= 0.6 is 12.4 Å². The van der Waals surface area contributed by atoms with E-state index in [0.717, 1.165) is 25.9 Å². The maximum atomic E-state index is 5.72. The monoisotopic (exact) mass is 227 g/mol. The molecule has 1 heterocycles. The van der Waals surface area contributed by atoms with Crippen molar-refractivity contribution in [3.63, 3.8) is 0 Å². The Hall–Kier alpha value is -0.570. The second kappa shape index (κ2) is 5.50. The Labute approximate surface area is 97.4 Å². The molecular formula is C12H18ClNO. The fourth-order valence-corrected chi connectivity index (χ4v) is 2.18. The van der Waals surface area contributed by atoms with Crippen molar-refractivity contribution in [1.82, 2.24) is 5.32 Å². The van der Waals surface area contributed by atoms with Crippen LogP contribution in [0.3, 0.4) is 0 Å². The van der Waals surface area contributed by atoms with Gasteiger partial charge in [0.25, 0.3) is 0 Å². The van der Waals surface area contributed by atoms with E-state index in [4.69, 9.17) is 4.74 Å². The van der Waals surface area contributed by atoms with Crippen LogP contribution in [-0.2, 0) is 10.3 Å². The molecule has 0 spiro atoms. The van der Waals surface area contributed by atoms with Gasteiger partial charge >= 0.3 is 0 Å². The smallest absolute Gasteiger partial charge is 0.0951 e. The van der Waals surface area contributed by atoms with Gasteiger partial charge < -0.3 is 10.1 Å². The van der Waals surface area contributed by atoms with Gasteiger partial charge in [0.15, 0.2) is 0 Å². The molecule has 3 heteroatoms. The molecule has 1 aliphatic rings. The number of halogens is 1. The second-order valence-electron chi connectivity index (χ2n) is 3.81. The van der Waals surface area contributed by atoms with Gasteiger partial charge in [0.1, 0.15) is 0 Å². The van der Waals surface area contributed by atoms with Gasteiger partial charge in [-0.3, -0.25) is 0 Å². The van der Waals surface area contributed by atoms with Crippen LogP contribution in [0.4, 0.5) is 0 Å². The zero-order valence-electron chi connectivity index (χ0n) is 9.03. The van der Waals surface area contributed by atoms with Crippen LogP contribution in [0.2, 0.25) is 0 Å². The molecule has 2 nitrogen and oxygen atoms in total. The third-order valence-corrected chi connectivity index (χ3v) is 3.10. The van der Waals surface area contributed by atoms with Crippen LogP contribution in [0.1, 0.15) is 18.4 Å². The van der Waals surface area contributed by atoms with Crippen molar-refractivity contribution in [2.45, 2.75) is 18.4 Å². The minimum atomic E-state index is -0.0491. The molecule has 0 unspecified atom stereocenters. The summed E-state index contributed by atoms with van der Waals surface area (Å²) in [6.07, 6.45) is 2.13. The predicted octanol–water partition coefficient (Wildman–Crippen LogP) is 2.33. The maximum absolute atomic E-state index is 5.72. The van der Waals surface area contributed by atoms with Gasteiger partial charge in [0.2, 0.25) is 0 Å². The van der Waals surface area contributed by atoms with Crippen molar-refractivity contribution in [1.29, 1.82) is 0 Å². The SMILES string of the molecule is COC1(c2ccccc2)CCNCC1.Cl. The molecule has 0 radical (unpaired) electrons. The van der Waals surface area contributed by atoms with Gasteiger partial charge in [-0.25, -0.2) is 0 Å². The summed E-state index contributed by atoms with van der Waals surface area (Å²) in [4.78, 5) is 0. The van der Waals surface area contributed by atoms with E-state index in [2.05, 4.69) is 29.6 Å². The third-order valence-electron chi connectivity index (χ3n) is 3.10. The Kier molecular flexibility index (Phi) is 4.58. The van der Waals surface area contributed by atoms with Gasteiger partial charge in [-0.15, -0.1) is 12.4 Å². The summed E-state index contributed by atoms with van der Waals surface area (Å²) in [7, 11) is 1.82. The number of hydrogen-bond acceptors (Lipinski definition) is 2. The summed E-state index contributed by atoms with van der Waals surface area (Å²) in [6, 6.07) is 10.5. The summed E-state index contributed by atoms with van der Waals surface area (Å²) in [5.41, 5.74) is 1.26. The molecule has 15 heavy (non-hydrogen) atoms. The minimum Gasteiger partial charge on any atom is -0.373 e. The van der Waals surface area contributed by atoms with E-state index < -0.39 is 0 Å². The Morgan fingerprint density at radius 1 is 1.13 bits per heavy atom. The number of hydrogen-bond donors (Lipinski definition) is 1. The highest BCUT2D eigenvalue weighted by Gasteiger charge is 2.33. The molecule has 0 aliphatic carbocycles. The van der Waals surface area contributed by atoms with Crippen molar-refractivity contribution in [3.05, 3.63) is 35.9 Å². The first kappa shape index (κ1) is 12.5. The first-order chi connectivity index (χ1) is 6.87. The van der Waals surface area contributed by atoms with Crippen molar-refractivity contribution in [2.24, 2.45) is 0 Å². The highest BCUT2D eigenvalue weighted by atomic mass is 35.5. The zero-order valence-corrected chi connectivity index (χ0v) is 9.85. The molecule has 84 valence electrons. The first-order valence-electron chi connectivity index (χ1n) is 5.19. The fraction of sp³-hybridized carbons (Fsp3) is 0.500. The first-order valence-corrected chi connectivity index (χ1v) is 5.19. The summed E-state index contributed by atoms with van der Waals surface area (Å²) in [5, 5.41) is 3.36. The van der Waals surface area contributed by atoms with Crippen LogP contribution in [0.15, 0.2) is 30.3 Å². The van der Waals surface area contributed by atoms with Crippen LogP contribution in [0.5, 0.6) is 0 Å². The topological polar surface area (TPSA) is 21.3 Å². The van der Waals surface area contributed by atoms with E-state index in [-0.39, 0.29) is 18.0 Å². The molecule has 1 saturated heterocycles. The highest BCUT2D eigenvalue weighted by Crippen LogP contribution is 2.33. The Bertz CT molecular complexity index is 283. The minimum absolute atomic E-state index is 0. The van der Waals surface area contributed by atoms with E-state index in [0.29, 0.717) is 0 Å². The standard InChI is InChI=1S/C12H17NO.ClH/c1-14-12(7-9-13-10-8-12)11-5-3-2-4-6-11;/h2-6,13H,7-10H2,1H3;1H. The molecular weight excluding hydrogens is 210 g/mol. The fourth-order valence-electron chi connectivity index (χ4n) is 2.18. The number of benzene rings is 1. The number of methoxy groups -OCH3 is 1.